The first-order valence-corrected chi connectivity index (χ1v) is 28.2. The highest BCUT2D eigenvalue weighted by Gasteiger charge is 2.25. The van der Waals surface area contributed by atoms with Crippen molar-refractivity contribution in [2.45, 2.75) is 12.8 Å². The van der Waals surface area contributed by atoms with Crippen LogP contribution in [-0.2, 0) is 12.8 Å². The molecule has 0 N–H and O–H groups in total. The third-order valence-electron chi connectivity index (χ3n) is 16.2. The molecule has 0 bridgehead atoms. The summed E-state index contributed by atoms with van der Waals surface area (Å²) in [5, 5.41) is 14.8. The number of aryl methyl sites for hydroxylation is 2. The van der Waals surface area contributed by atoms with Gasteiger partial charge in [0.25, 0.3) is 0 Å². The lowest BCUT2D eigenvalue weighted by Crippen LogP contribution is -2.07. The van der Waals surface area contributed by atoms with Crippen molar-refractivity contribution in [2.75, 3.05) is 0 Å². The van der Waals surface area contributed by atoms with Gasteiger partial charge in [-0.2, -0.15) is 9.97 Å². The molecule has 7 heteroatoms. The number of fused-ring (bicyclic) bond motifs is 15. The third-order valence-corrected chi connectivity index (χ3v) is 16.9. The number of hydrogen-bond donors (Lipinski definition) is 0. The predicted molar refractivity (Wildman–Crippen MR) is 334 cm³/mol. The lowest BCUT2D eigenvalue weighted by Gasteiger charge is -2.21. The van der Waals surface area contributed by atoms with Gasteiger partial charge in [0.1, 0.15) is 0 Å². The molecule has 1 aliphatic rings. The Labute approximate surface area is 465 Å². The number of para-hydroxylation sites is 3. The van der Waals surface area contributed by atoms with Crippen LogP contribution >= 0.6 is 11.3 Å². The number of aromatic nitrogens is 6. The summed E-state index contributed by atoms with van der Waals surface area (Å²) < 4.78 is 7.02. The Hall–Kier alpha value is -10.2. The first kappa shape index (κ1) is 45.9. The molecular formula is C73H48N6S. The van der Waals surface area contributed by atoms with Crippen LogP contribution in [0.1, 0.15) is 11.1 Å². The van der Waals surface area contributed by atoms with Crippen molar-refractivity contribution in [1.29, 1.82) is 0 Å². The van der Waals surface area contributed by atoms with Crippen LogP contribution in [0, 0.1) is 0 Å². The van der Waals surface area contributed by atoms with E-state index in [1.54, 1.807) is 11.3 Å². The van der Waals surface area contributed by atoms with Crippen LogP contribution in [0.3, 0.4) is 0 Å². The van der Waals surface area contributed by atoms with E-state index in [-0.39, 0.29) is 0 Å². The molecule has 80 heavy (non-hydrogen) atoms. The van der Waals surface area contributed by atoms with E-state index in [4.69, 9.17) is 15.0 Å². The second-order valence-electron chi connectivity index (χ2n) is 20.7. The van der Waals surface area contributed by atoms with Gasteiger partial charge in [-0.25, -0.2) is 4.98 Å². The van der Waals surface area contributed by atoms with Crippen LogP contribution in [-0.4, -0.2) is 28.7 Å². The monoisotopic (exact) mass is 1040 g/mol. The topological polar surface area (TPSA) is 53.5 Å². The molecular weight excluding hydrogens is 993 g/mol. The minimum Gasteiger partial charge on any atom is -0.309 e. The Balaban J connectivity index is 0.000000133. The zero-order chi connectivity index (χ0) is 52.7. The summed E-state index contributed by atoms with van der Waals surface area (Å²) in [6, 6.07) is 90.8. The van der Waals surface area contributed by atoms with E-state index < -0.39 is 0 Å². The SMILES string of the molecule is c1cc(-c2cccc(-n3c4cscc4c4c5ccccc5ccc43)c2)cc(-n2c3ccccc3c3ccccc32)c1.c1ccc(-c2nc(-c3ccccc3)nc(-n3c4ccccc4c4c5c(ccc43)CCc3ccccc3-5)n2)cc1. The average Bonchev–Trinajstić information content (AvgIpc) is 4.50. The fourth-order valence-corrected chi connectivity index (χ4v) is 13.4. The summed E-state index contributed by atoms with van der Waals surface area (Å²) >= 11 is 1.77. The van der Waals surface area contributed by atoms with Gasteiger partial charge in [-0.3, -0.25) is 4.57 Å². The van der Waals surface area contributed by atoms with Gasteiger partial charge in [0.2, 0.25) is 5.95 Å². The molecule has 376 valence electrons. The van der Waals surface area contributed by atoms with Crippen molar-refractivity contribution in [3.05, 3.63) is 277 Å². The van der Waals surface area contributed by atoms with Crippen molar-refractivity contribution >= 4 is 87.5 Å². The van der Waals surface area contributed by atoms with Crippen LogP contribution in [0.15, 0.2) is 266 Å². The molecule has 0 atom stereocenters. The van der Waals surface area contributed by atoms with E-state index in [0.29, 0.717) is 17.6 Å². The Morgan fingerprint density at radius 2 is 0.825 bits per heavy atom. The normalized spacial score (nSPS) is 12.2. The second-order valence-corrected chi connectivity index (χ2v) is 21.4. The van der Waals surface area contributed by atoms with Crippen LogP contribution in [0.2, 0.25) is 0 Å². The van der Waals surface area contributed by atoms with E-state index in [9.17, 15) is 0 Å². The van der Waals surface area contributed by atoms with E-state index in [0.717, 1.165) is 35.0 Å². The molecule has 1 aliphatic carbocycles. The maximum absolute atomic E-state index is 5.07. The lowest BCUT2D eigenvalue weighted by molar-refractivity contribution is 0.940. The maximum atomic E-state index is 5.07. The highest BCUT2D eigenvalue weighted by Crippen LogP contribution is 2.45. The molecule has 0 saturated carbocycles. The smallest absolute Gasteiger partial charge is 0.238 e. The van der Waals surface area contributed by atoms with Gasteiger partial charge < -0.3 is 9.13 Å². The van der Waals surface area contributed by atoms with Gasteiger partial charge in [0.15, 0.2) is 11.6 Å². The largest absolute Gasteiger partial charge is 0.309 e. The van der Waals surface area contributed by atoms with Crippen LogP contribution in [0.5, 0.6) is 0 Å². The minimum atomic E-state index is 0.623. The summed E-state index contributed by atoms with van der Waals surface area (Å²) in [5.74, 6) is 1.94. The first-order chi connectivity index (χ1) is 39.7. The van der Waals surface area contributed by atoms with E-state index in [1.807, 2.05) is 60.7 Å². The number of nitrogens with zero attached hydrogens (tertiary/aromatic N) is 6. The zero-order valence-electron chi connectivity index (χ0n) is 43.4. The summed E-state index contributed by atoms with van der Waals surface area (Å²) in [4.78, 5) is 15.0. The standard InChI is InChI=1S/C38H24N2S.C35H24N4/c1-2-14-30-25(9-1)19-20-36-38(30)33-23-41-24-37(33)40(36)29-13-8-11-27(22-29)26-10-7-12-28(21-26)39-34-17-5-3-15-31(34)32-16-4-6-18-35(32)39;1-3-12-25(13-4-1)33-36-34(26-14-5-2-6-15-26)38-35(37-33)39-29-18-10-9-17-28(29)32-30(39)22-21-24-20-19-23-11-7-8-16-27(23)31(24)32/h1-24H;1-18,21-22H,19-20H2. The molecule has 6 nitrogen and oxygen atoms in total. The van der Waals surface area contributed by atoms with E-state index >= 15 is 0 Å². The molecule has 17 rings (SSSR count). The molecule has 0 fully saturated rings. The molecule has 5 aromatic heterocycles. The number of thiophene rings is 1. The van der Waals surface area contributed by atoms with Gasteiger partial charge in [-0.15, -0.1) is 11.3 Å². The van der Waals surface area contributed by atoms with Gasteiger partial charge in [0, 0.05) is 65.6 Å². The first-order valence-electron chi connectivity index (χ1n) is 27.3. The van der Waals surface area contributed by atoms with Gasteiger partial charge in [-0.05, 0) is 112 Å². The van der Waals surface area contributed by atoms with Crippen LogP contribution < -0.4 is 0 Å². The van der Waals surface area contributed by atoms with Gasteiger partial charge in [-0.1, -0.05) is 200 Å². The number of rotatable bonds is 6. The molecule has 0 radical (unpaired) electrons. The predicted octanol–water partition coefficient (Wildman–Crippen LogP) is 18.8. The molecule has 5 heterocycles. The average molecular weight is 1040 g/mol. The fourth-order valence-electron chi connectivity index (χ4n) is 12.6. The third kappa shape index (κ3) is 7.43. The van der Waals surface area contributed by atoms with E-state index in [1.165, 1.54) is 110 Å². The molecule has 11 aromatic carbocycles. The Morgan fingerprint density at radius 3 is 1.50 bits per heavy atom. The van der Waals surface area contributed by atoms with Crippen molar-refractivity contribution in [3.8, 4) is 62.4 Å². The van der Waals surface area contributed by atoms with E-state index in [2.05, 4.69) is 219 Å². The Kier molecular flexibility index (Phi) is 10.8. The van der Waals surface area contributed by atoms with Crippen molar-refractivity contribution < 1.29 is 0 Å². The molecule has 0 amide bonds. The fraction of sp³-hybridized carbons (Fsp3) is 0.0274. The molecule has 0 spiro atoms. The summed E-state index contributed by atoms with van der Waals surface area (Å²) in [5.41, 5.74) is 19.3. The number of benzene rings is 11. The van der Waals surface area contributed by atoms with Crippen molar-refractivity contribution in [2.24, 2.45) is 0 Å². The Morgan fingerprint density at radius 1 is 0.312 bits per heavy atom. The minimum absolute atomic E-state index is 0.623. The molecule has 0 unspecified atom stereocenters. The zero-order valence-corrected chi connectivity index (χ0v) is 44.2. The van der Waals surface area contributed by atoms with Gasteiger partial charge in [0.05, 0.1) is 33.1 Å². The van der Waals surface area contributed by atoms with Crippen molar-refractivity contribution in [1.82, 2.24) is 28.7 Å². The molecule has 16 aromatic rings. The summed E-state index contributed by atoms with van der Waals surface area (Å²) in [7, 11) is 0. The Bertz CT molecular complexity index is 4970. The number of hydrogen-bond acceptors (Lipinski definition) is 4. The quantitative estimate of drug-likeness (QED) is 0.167. The highest BCUT2D eigenvalue weighted by atomic mass is 32.1. The molecule has 0 saturated heterocycles. The summed E-state index contributed by atoms with van der Waals surface area (Å²) in [6.45, 7) is 0. The lowest BCUT2D eigenvalue weighted by atomic mass is 9.83. The summed E-state index contributed by atoms with van der Waals surface area (Å²) in [6.07, 6.45) is 2.12. The highest BCUT2D eigenvalue weighted by molar-refractivity contribution is 7.09. The second kappa shape index (κ2) is 18.8. The molecule has 0 aliphatic heterocycles. The van der Waals surface area contributed by atoms with Gasteiger partial charge >= 0.3 is 0 Å². The van der Waals surface area contributed by atoms with Crippen LogP contribution in [0.25, 0.3) is 139 Å². The van der Waals surface area contributed by atoms with Crippen LogP contribution in [0.4, 0.5) is 0 Å². The maximum Gasteiger partial charge on any atom is 0.238 e. The van der Waals surface area contributed by atoms with Crippen molar-refractivity contribution in [3.63, 3.8) is 0 Å².